The normalized spacial score (nSPS) is 11.8. The van der Waals surface area contributed by atoms with Gasteiger partial charge in [0.15, 0.2) is 0 Å². The Kier molecular flexibility index (Phi) is 4.94. The van der Waals surface area contributed by atoms with Crippen LogP contribution in [0.1, 0.15) is 22.8 Å². The zero-order valence-electron chi connectivity index (χ0n) is 11.4. The molecule has 0 aliphatic heterocycles. The number of rotatable bonds is 4. The third kappa shape index (κ3) is 3.81. The molecule has 2 N–H and O–H groups in total. The van der Waals surface area contributed by atoms with E-state index in [1.807, 2.05) is 13.0 Å². The van der Waals surface area contributed by atoms with Gasteiger partial charge in [0.1, 0.15) is 5.82 Å². The van der Waals surface area contributed by atoms with Crippen molar-refractivity contribution in [2.45, 2.75) is 13.0 Å². The van der Waals surface area contributed by atoms with Crippen molar-refractivity contribution in [3.05, 3.63) is 63.4 Å². The third-order valence-corrected chi connectivity index (χ3v) is 3.79. The second-order valence-electron chi connectivity index (χ2n) is 4.71. The van der Waals surface area contributed by atoms with E-state index < -0.39 is 6.10 Å². The lowest BCUT2D eigenvalue weighted by Gasteiger charge is -2.15. The van der Waals surface area contributed by atoms with Crippen LogP contribution in [-0.4, -0.2) is 11.7 Å². The van der Waals surface area contributed by atoms with E-state index >= 15 is 0 Å². The van der Waals surface area contributed by atoms with Gasteiger partial charge in [0.05, 0.1) is 22.2 Å². The zero-order chi connectivity index (χ0) is 15.4. The summed E-state index contributed by atoms with van der Waals surface area (Å²) in [5.74, 6) is -0.351. The van der Waals surface area contributed by atoms with Crippen LogP contribution in [0.4, 0.5) is 10.1 Å². The lowest BCUT2D eigenvalue weighted by Crippen LogP contribution is -2.13. The largest absolute Gasteiger partial charge is 0.387 e. The van der Waals surface area contributed by atoms with Crippen molar-refractivity contribution in [2.24, 2.45) is 0 Å². The first kappa shape index (κ1) is 15.5. The molecule has 0 aliphatic carbocycles. The molecule has 0 saturated carbocycles. The number of aliphatic hydroxyl groups excluding tert-OH is 1. The Morgan fingerprint density at radius 3 is 2.62 bits per heavy atom. The molecule has 21 heavy (non-hydrogen) atoms. The van der Waals surface area contributed by atoms with Crippen molar-refractivity contribution in [2.75, 3.05) is 11.9 Å². The topological polar surface area (TPSA) is 56.0 Å². The van der Waals surface area contributed by atoms with Gasteiger partial charge >= 0.3 is 0 Å². The number of nitrogens with one attached hydrogen (secondary N) is 1. The first-order chi connectivity index (χ1) is 10.0. The fourth-order valence-corrected chi connectivity index (χ4v) is 2.40. The third-order valence-electron chi connectivity index (χ3n) is 3.18. The lowest BCUT2D eigenvalue weighted by atomic mass is 10.1. The molecular weight excluding hydrogens is 335 g/mol. The minimum absolute atomic E-state index is 0.258. The van der Waals surface area contributed by atoms with E-state index in [-0.39, 0.29) is 12.4 Å². The van der Waals surface area contributed by atoms with E-state index in [1.165, 1.54) is 6.07 Å². The van der Waals surface area contributed by atoms with E-state index in [0.29, 0.717) is 21.3 Å². The Bertz CT molecular complexity index is 680. The van der Waals surface area contributed by atoms with Crippen molar-refractivity contribution in [1.29, 1.82) is 5.26 Å². The summed E-state index contributed by atoms with van der Waals surface area (Å²) in [4.78, 5) is 0. The van der Waals surface area contributed by atoms with Crippen LogP contribution < -0.4 is 5.32 Å². The molecule has 0 radical (unpaired) electrons. The number of nitrogens with zero attached hydrogens (tertiary/aromatic N) is 1. The van der Waals surface area contributed by atoms with Crippen LogP contribution >= 0.6 is 15.9 Å². The highest BCUT2D eigenvalue weighted by Crippen LogP contribution is 2.24. The molecule has 0 heterocycles. The van der Waals surface area contributed by atoms with Gasteiger partial charge in [0, 0.05) is 12.2 Å². The van der Waals surface area contributed by atoms with Crippen LogP contribution in [0.5, 0.6) is 0 Å². The molecule has 1 atom stereocenters. The number of aryl methyl sites for hydroxylation is 1. The second kappa shape index (κ2) is 6.70. The van der Waals surface area contributed by atoms with Gasteiger partial charge in [-0.25, -0.2) is 4.39 Å². The predicted molar refractivity (Wildman–Crippen MR) is 83.4 cm³/mol. The summed E-state index contributed by atoms with van der Waals surface area (Å²) in [5.41, 5.74) is 2.78. The lowest BCUT2D eigenvalue weighted by molar-refractivity contribution is 0.191. The number of nitriles is 1. The van der Waals surface area contributed by atoms with Gasteiger partial charge in [-0.15, -0.1) is 0 Å². The average Bonchev–Trinajstić information content (AvgIpc) is 2.49. The first-order valence-electron chi connectivity index (χ1n) is 6.39. The molecule has 0 saturated heterocycles. The van der Waals surface area contributed by atoms with Crippen molar-refractivity contribution in [3.63, 3.8) is 0 Å². The Morgan fingerprint density at radius 1 is 1.33 bits per heavy atom. The van der Waals surface area contributed by atoms with Crippen LogP contribution in [0.25, 0.3) is 0 Å². The van der Waals surface area contributed by atoms with Crippen LogP contribution in [0.3, 0.4) is 0 Å². The van der Waals surface area contributed by atoms with E-state index in [0.717, 1.165) is 5.56 Å². The van der Waals surface area contributed by atoms with E-state index in [9.17, 15) is 9.50 Å². The molecule has 108 valence electrons. The van der Waals surface area contributed by atoms with Crippen LogP contribution in [0.15, 0.2) is 40.9 Å². The number of aliphatic hydroxyl groups is 1. The molecule has 0 fully saturated rings. The molecule has 5 heteroatoms. The van der Waals surface area contributed by atoms with Gasteiger partial charge in [0.2, 0.25) is 0 Å². The van der Waals surface area contributed by atoms with Gasteiger partial charge in [-0.3, -0.25) is 0 Å². The summed E-state index contributed by atoms with van der Waals surface area (Å²) < 4.78 is 13.9. The fourth-order valence-electron chi connectivity index (χ4n) is 1.94. The Balaban J connectivity index is 2.05. The molecule has 2 aromatic carbocycles. The summed E-state index contributed by atoms with van der Waals surface area (Å²) in [6.45, 7) is 2.12. The van der Waals surface area contributed by atoms with Crippen LogP contribution in [-0.2, 0) is 0 Å². The summed E-state index contributed by atoms with van der Waals surface area (Å²) in [5, 5.41) is 21.9. The summed E-state index contributed by atoms with van der Waals surface area (Å²) >= 11 is 3.13. The molecular formula is C16H14BrFN2O. The molecule has 0 aromatic heterocycles. The molecule has 2 aromatic rings. The SMILES string of the molecule is Cc1cc(Br)c(F)cc1NCC(O)c1ccc(C#N)cc1. The zero-order valence-corrected chi connectivity index (χ0v) is 13.0. The molecule has 0 bridgehead atoms. The molecule has 1 unspecified atom stereocenters. The highest BCUT2D eigenvalue weighted by molar-refractivity contribution is 9.10. The molecule has 0 spiro atoms. The van der Waals surface area contributed by atoms with Gasteiger partial charge in [-0.2, -0.15) is 5.26 Å². The van der Waals surface area contributed by atoms with Crippen molar-refractivity contribution >= 4 is 21.6 Å². The maximum Gasteiger partial charge on any atom is 0.139 e. The van der Waals surface area contributed by atoms with Crippen LogP contribution in [0.2, 0.25) is 0 Å². The quantitative estimate of drug-likeness (QED) is 0.880. The van der Waals surface area contributed by atoms with Crippen molar-refractivity contribution in [1.82, 2.24) is 0 Å². The van der Waals surface area contributed by atoms with E-state index in [2.05, 4.69) is 21.2 Å². The predicted octanol–water partition coefficient (Wildman–Crippen LogP) is 3.91. The van der Waals surface area contributed by atoms with Crippen molar-refractivity contribution < 1.29 is 9.50 Å². The van der Waals surface area contributed by atoms with E-state index in [1.54, 1.807) is 30.3 Å². The molecule has 3 nitrogen and oxygen atoms in total. The molecule has 2 rings (SSSR count). The van der Waals surface area contributed by atoms with Gasteiger partial charge in [0.25, 0.3) is 0 Å². The minimum atomic E-state index is -0.733. The second-order valence-corrected chi connectivity index (χ2v) is 5.57. The Hall–Kier alpha value is -1.90. The first-order valence-corrected chi connectivity index (χ1v) is 7.18. The monoisotopic (exact) mass is 348 g/mol. The Labute approximate surface area is 131 Å². The standard InChI is InChI=1S/C16H14BrFN2O/c1-10-6-13(17)14(18)7-15(10)20-9-16(21)12-4-2-11(8-19)3-5-12/h2-7,16,20-21H,9H2,1H3. The summed E-state index contributed by atoms with van der Waals surface area (Å²) in [7, 11) is 0. The van der Waals surface area contributed by atoms with Gasteiger partial charge < -0.3 is 10.4 Å². The summed E-state index contributed by atoms with van der Waals surface area (Å²) in [6.07, 6.45) is -0.733. The fraction of sp³-hybridized carbons (Fsp3) is 0.188. The maximum absolute atomic E-state index is 13.5. The van der Waals surface area contributed by atoms with Crippen LogP contribution in [0, 0.1) is 24.1 Å². The number of halogens is 2. The van der Waals surface area contributed by atoms with Crippen molar-refractivity contribution in [3.8, 4) is 6.07 Å². The average molecular weight is 349 g/mol. The van der Waals surface area contributed by atoms with Gasteiger partial charge in [-0.05, 0) is 58.2 Å². The minimum Gasteiger partial charge on any atom is -0.387 e. The number of hydrogen-bond acceptors (Lipinski definition) is 3. The maximum atomic E-state index is 13.5. The molecule has 0 amide bonds. The number of benzene rings is 2. The Morgan fingerprint density at radius 2 is 2.00 bits per heavy atom. The van der Waals surface area contributed by atoms with Gasteiger partial charge in [-0.1, -0.05) is 12.1 Å². The summed E-state index contributed by atoms with van der Waals surface area (Å²) in [6, 6.07) is 11.8. The van der Waals surface area contributed by atoms with E-state index in [4.69, 9.17) is 5.26 Å². The highest BCUT2D eigenvalue weighted by Gasteiger charge is 2.10. The number of anilines is 1. The molecule has 0 aliphatic rings. The highest BCUT2D eigenvalue weighted by atomic mass is 79.9. The smallest absolute Gasteiger partial charge is 0.139 e. The number of hydrogen-bond donors (Lipinski definition) is 2.